The van der Waals surface area contributed by atoms with Crippen molar-refractivity contribution in [3.63, 3.8) is 0 Å². The van der Waals surface area contributed by atoms with E-state index in [9.17, 15) is 4.79 Å². The van der Waals surface area contributed by atoms with Gasteiger partial charge in [-0.3, -0.25) is 4.79 Å². The van der Waals surface area contributed by atoms with E-state index in [0.29, 0.717) is 18.9 Å². The fourth-order valence-corrected chi connectivity index (χ4v) is 2.03. The number of benzene rings is 1. The number of aromatic nitrogens is 2. The lowest BCUT2D eigenvalue weighted by atomic mass is 10.1. The molecule has 1 heterocycles. The van der Waals surface area contributed by atoms with Crippen molar-refractivity contribution < 1.29 is 4.79 Å². The van der Waals surface area contributed by atoms with Gasteiger partial charge in [0.25, 0.3) is 5.91 Å². The summed E-state index contributed by atoms with van der Waals surface area (Å²) >= 11 is 5.94. The summed E-state index contributed by atoms with van der Waals surface area (Å²) in [4.78, 5) is 19.9. The van der Waals surface area contributed by atoms with Gasteiger partial charge in [0, 0.05) is 18.1 Å². The molecule has 1 aromatic heterocycles. The Hall–Kier alpha value is -2.40. The lowest BCUT2D eigenvalue weighted by Crippen LogP contribution is -2.24. The summed E-state index contributed by atoms with van der Waals surface area (Å²) in [6.45, 7) is 4.64. The Morgan fingerprint density at radius 2 is 2.18 bits per heavy atom. The Bertz CT molecular complexity index is 643. The number of hydrogen-bond donors (Lipinski definition) is 2. The van der Waals surface area contributed by atoms with Crippen LogP contribution in [0.2, 0.25) is 5.02 Å². The highest BCUT2D eigenvalue weighted by molar-refractivity contribution is 6.30. The van der Waals surface area contributed by atoms with Gasteiger partial charge in [-0.15, -0.1) is 6.58 Å². The molecule has 1 amide bonds. The molecular formula is C16H17ClN4O. The standard InChI is InChI=1S/C16H17ClN4O/c1-2-7-19-16(22)14-10-21-15(11-20-14)18-8-6-12-4-3-5-13(17)9-12/h2-5,9-11H,1,6-8H2,(H,18,21)(H,19,22). The number of halogens is 1. The van der Waals surface area contributed by atoms with Crippen molar-refractivity contribution in [1.29, 1.82) is 0 Å². The van der Waals surface area contributed by atoms with Crippen molar-refractivity contribution in [2.45, 2.75) is 6.42 Å². The highest BCUT2D eigenvalue weighted by Gasteiger charge is 2.06. The molecule has 1 aromatic carbocycles. The van der Waals surface area contributed by atoms with Crippen molar-refractivity contribution in [1.82, 2.24) is 15.3 Å². The first-order valence-corrected chi connectivity index (χ1v) is 7.26. The third-order valence-electron chi connectivity index (χ3n) is 2.90. The molecule has 0 unspecified atom stereocenters. The van der Waals surface area contributed by atoms with E-state index in [-0.39, 0.29) is 11.6 Å². The third kappa shape index (κ3) is 4.86. The first-order chi connectivity index (χ1) is 10.7. The number of hydrogen-bond acceptors (Lipinski definition) is 4. The van der Waals surface area contributed by atoms with Crippen LogP contribution < -0.4 is 10.6 Å². The first kappa shape index (κ1) is 16.0. The van der Waals surface area contributed by atoms with E-state index in [4.69, 9.17) is 11.6 Å². The molecule has 114 valence electrons. The Morgan fingerprint density at radius 1 is 1.32 bits per heavy atom. The zero-order chi connectivity index (χ0) is 15.8. The molecule has 5 nitrogen and oxygen atoms in total. The van der Waals surface area contributed by atoms with Crippen LogP contribution in [0.25, 0.3) is 0 Å². The maximum absolute atomic E-state index is 11.7. The molecule has 0 spiro atoms. The largest absolute Gasteiger partial charge is 0.368 e. The Balaban J connectivity index is 1.83. The van der Waals surface area contributed by atoms with E-state index in [1.165, 1.54) is 6.20 Å². The summed E-state index contributed by atoms with van der Waals surface area (Å²) in [6.07, 6.45) is 5.42. The van der Waals surface area contributed by atoms with E-state index in [1.54, 1.807) is 12.3 Å². The van der Waals surface area contributed by atoms with E-state index >= 15 is 0 Å². The van der Waals surface area contributed by atoms with Crippen LogP contribution >= 0.6 is 11.6 Å². The van der Waals surface area contributed by atoms with Crippen LogP contribution in [0.3, 0.4) is 0 Å². The maximum atomic E-state index is 11.7. The third-order valence-corrected chi connectivity index (χ3v) is 3.14. The van der Waals surface area contributed by atoms with Crippen molar-refractivity contribution >= 4 is 23.3 Å². The van der Waals surface area contributed by atoms with Crippen LogP contribution in [0, 0.1) is 0 Å². The van der Waals surface area contributed by atoms with Gasteiger partial charge in [0.05, 0.1) is 12.4 Å². The van der Waals surface area contributed by atoms with Gasteiger partial charge in [-0.1, -0.05) is 29.8 Å². The minimum atomic E-state index is -0.266. The quantitative estimate of drug-likeness (QED) is 0.771. The predicted molar refractivity (Wildman–Crippen MR) is 88.2 cm³/mol. The van der Waals surface area contributed by atoms with Gasteiger partial charge < -0.3 is 10.6 Å². The normalized spacial score (nSPS) is 10.0. The summed E-state index contributed by atoms with van der Waals surface area (Å²) in [5.41, 5.74) is 1.43. The van der Waals surface area contributed by atoms with Gasteiger partial charge in [0.2, 0.25) is 0 Å². The van der Waals surface area contributed by atoms with Gasteiger partial charge in [-0.05, 0) is 24.1 Å². The van der Waals surface area contributed by atoms with Gasteiger partial charge in [0.1, 0.15) is 11.5 Å². The van der Waals surface area contributed by atoms with E-state index in [1.807, 2.05) is 24.3 Å². The molecule has 0 saturated heterocycles. The Labute approximate surface area is 134 Å². The van der Waals surface area contributed by atoms with Gasteiger partial charge in [-0.2, -0.15) is 0 Å². The fraction of sp³-hybridized carbons (Fsp3) is 0.188. The van der Waals surface area contributed by atoms with Crippen molar-refractivity contribution in [2.75, 3.05) is 18.4 Å². The summed E-state index contributed by atoms with van der Waals surface area (Å²) < 4.78 is 0. The van der Waals surface area contributed by atoms with Gasteiger partial charge in [0.15, 0.2) is 0 Å². The first-order valence-electron chi connectivity index (χ1n) is 6.88. The molecule has 0 aliphatic rings. The molecule has 0 fully saturated rings. The van der Waals surface area contributed by atoms with E-state index < -0.39 is 0 Å². The second kappa shape index (κ2) is 8.14. The van der Waals surface area contributed by atoms with Crippen LogP contribution in [-0.2, 0) is 6.42 Å². The minimum Gasteiger partial charge on any atom is -0.368 e. The molecule has 2 rings (SSSR count). The Kier molecular flexibility index (Phi) is 5.91. The summed E-state index contributed by atoms with van der Waals surface area (Å²) in [7, 11) is 0. The van der Waals surface area contributed by atoms with Gasteiger partial charge in [-0.25, -0.2) is 9.97 Å². The summed E-state index contributed by atoms with van der Waals surface area (Å²) in [6, 6.07) is 7.72. The predicted octanol–water partition coefficient (Wildman–Crippen LogP) is 2.70. The number of nitrogens with one attached hydrogen (secondary N) is 2. The average molecular weight is 317 g/mol. The lowest BCUT2D eigenvalue weighted by Gasteiger charge is -2.06. The average Bonchev–Trinajstić information content (AvgIpc) is 2.53. The number of carbonyl (C=O) groups is 1. The monoisotopic (exact) mass is 316 g/mol. The zero-order valence-corrected chi connectivity index (χ0v) is 12.8. The highest BCUT2D eigenvalue weighted by atomic mass is 35.5. The van der Waals surface area contributed by atoms with E-state index in [2.05, 4.69) is 27.2 Å². The molecule has 22 heavy (non-hydrogen) atoms. The molecular weight excluding hydrogens is 300 g/mol. The molecule has 0 aliphatic heterocycles. The molecule has 0 atom stereocenters. The van der Waals surface area contributed by atoms with Crippen LogP contribution in [0.15, 0.2) is 49.3 Å². The maximum Gasteiger partial charge on any atom is 0.271 e. The number of amides is 1. The lowest BCUT2D eigenvalue weighted by molar-refractivity contribution is 0.0952. The summed E-state index contributed by atoms with van der Waals surface area (Å²) in [5.74, 6) is 0.361. The van der Waals surface area contributed by atoms with Gasteiger partial charge >= 0.3 is 0 Å². The second-order valence-electron chi connectivity index (χ2n) is 4.59. The Morgan fingerprint density at radius 3 is 2.86 bits per heavy atom. The smallest absolute Gasteiger partial charge is 0.271 e. The fourth-order valence-electron chi connectivity index (χ4n) is 1.82. The molecule has 0 radical (unpaired) electrons. The second-order valence-corrected chi connectivity index (χ2v) is 5.03. The minimum absolute atomic E-state index is 0.266. The van der Waals surface area contributed by atoms with Crippen LogP contribution in [-0.4, -0.2) is 29.0 Å². The number of nitrogens with zero attached hydrogens (tertiary/aromatic N) is 2. The molecule has 0 bridgehead atoms. The highest BCUT2D eigenvalue weighted by Crippen LogP contribution is 2.11. The molecule has 0 aliphatic carbocycles. The van der Waals surface area contributed by atoms with E-state index in [0.717, 1.165) is 17.0 Å². The molecule has 6 heteroatoms. The van der Waals surface area contributed by atoms with Crippen molar-refractivity contribution in [2.24, 2.45) is 0 Å². The van der Waals surface area contributed by atoms with Crippen molar-refractivity contribution in [3.8, 4) is 0 Å². The number of anilines is 1. The van der Waals surface area contributed by atoms with Crippen LogP contribution in [0.4, 0.5) is 5.82 Å². The SMILES string of the molecule is C=CCNC(=O)c1cnc(NCCc2cccc(Cl)c2)cn1. The number of rotatable bonds is 7. The van der Waals surface area contributed by atoms with Crippen LogP contribution in [0.5, 0.6) is 0 Å². The van der Waals surface area contributed by atoms with Crippen molar-refractivity contribution in [3.05, 3.63) is 65.6 Å². The zero-order valence-electron chi connectivity index (χ0n) is 12.1. The molecule has 2 aromatic rings. The molecule has 0 saturated carbocycles. The molecule has 2 N–H and O–H groups in total. The topological polar surface area (TPSA) is 66.9 Å². The summed E-state index contributed by atoms with van der Waals surface area (Å²) in [5, 5.41) is 6.53. The van der Waals surface area contributed by atoms with Crippen LogP contribution in [0.1, 0.15) is 16.1 Å². The number of carbonyl (C=O) groups excluding carboxylic acids is 1.